The minimum atomic E-state index is -1.05. The lowest BCUT2D eigenvalue weighted by Crippen LogP contribution is -2.31. The van der Waals surface area contributed by atoms with Gasteiger partial charge in [0.15, 0.2) is 11.5 Å². The monoisotopic (exact) mass is 375 g/mol. The van der Waals surface area contributed by atoms with E-state index in [4.69, 9.17) is 25.8 Å². The van der Waals surface area contributed by atoms with E-state index in [-0.39, 0.29) is 16.5 Å². The Morgan fingerprint density at radius 1 is 1.12 bits per heavy atom. The fourth-order valence-corrected chi connectivity index (χ4v) is 2.79. The molecule has 0 saturated carbocycles. The number of likely N-dealkylation sites (N-methyl/N-ethyl adjacent to an activating group) is 1. The van der Waals surface area contributed by atoms with Gasteiger partial charge in [0.25, 0.3) is 5.91 Å². The Balaban J connectivity index is 1.88. The number of halogens is 1. The molecular weight excluding hydrogens is 358 g/mol. The highest BCUT2D eigenvalue weighted by Crippen LogP contribution is 2.38. The molecule has 26 heavy (non-hydrogen) atoms. The van der Waals surface area contributed by atoms with Crippen molar-refractivity contribution in [3.05, 3.63) is 58.6 Å². The minimum absolute atomic E-state index is 0.187. The molecule has 1 aliphatic rings. The summed E-state index contributed by atoms with van der Waals surface area (Å²) >= 11 is 6.17. The molecule has 3 rings (SSSR count). The smallest absolute Gasteiger partial charge is 0.339 e. The van der Waals surface area contributed by atoms with Crippen LogP contribution in [-0.4, -0.2) is 44.1 Å². The van der Waals surface area contributed by atoms with Gasteiger partial charge in [0.05, 0.1) is 10.6 Å². The molecule has 6 nitrogen and oxygen atoms in total. The first-order valence-corrected chi connectivity index (χ1v) is 8.41. The van der Waals surface area contributed by atoms with Crippen molar-refractivity contribution in [3.63, 3.8) is 0 Å². The van der Waals surface area contributed by atoms with Gasteiger partial charge in [-0.1, -0.05) is 41.9 Å². The van der Waals surface area contributed by atoms with Crippen LogP contribution in [0, 0.1) is 0 Å². The SMILES string of the molecule is CN(C)C(=O)[C@H](OC(=O)c1cc(Cl)c2c(c1)OCCO2)c1ccccc1. The van der Waals surface area contributed by atoms with Gasteiger partial charge < -0.3 is 19.1 Å². The number of rotatable bonds is 4. The zero-order valence-electron chi connectivity index (χ0n) is 14.4. The number of nitrogens with zero attached hydrogens (tertiary/aromatic N) is 1. The van der Waals surface area contributed by atoms with Gasteiger partial charge in [0.2, 0.25) is 6.10 Å². The number of hydrogen-bond donors (Lipinski definition) is 0. The Bertz CT molecular complexity index is 822. The molecule has 0 bridgehead atoms. The molecule has 0 saturated heterocycles. The van der Waals surface area contributed by atoms with Crippen LogP contribution in [0.2, 0.25) is 5.02 Å². The van der Waals surface area contributed by atoms with Crippen molar-refractivity contribution in [2.24, 2.45) is 0 Å². The van der Waals surface area contributed by atoms with Crippen LogP contribution in [0.3, 0.4) is 0 Å². The van der Waals surface area contributed by atoms with E-state index in [1.54, 1.807) is 38.4 Å². The van der Waals surface area contributed by atoms with Crippen LogP contribution in [0.15, 0.2) is 42.5 Å². The summed E-state index contributed by atoms with van der Waals surface area (Å²) in [5.74, 6) is -0.231. The number of esters is 1. The van der Waals surface area contributed by atoms with E-state index in [9.17, 15) is 9.59 Å². The maximum Gasteiger partial charge on any atom is 0.339 e. The van der Waals surface area contributed by atoms with E-state index in [0.717, 1.165) is 0 Å². The van der Waals surface area contributed by atoms with Gasteiger partial charge >= 0.3 is 5.97 Å². The normalized spacial score (nSPS) is 13.7. The lowest BCUT2D eigenvalue weighted by atomic mass is 10.1. The number of fused-ring (bicyclic) bond motifs is 1. The molecule has 0 aliphatic carbocycles. The molecule has 0 aromatic heterocycles. The first-order valence-electron chi connectivity index (χ1n) is 8.03. The summed E-state index contributed by atoms with van der Waals surface area (Å²) in [4.78, 5) is 26.5. The fraction of sp³-hybridized carbons (Fsp3) is 0.263. The molecule has 1 amide bonds. The van der Waals surface area contributed by atoms with E-state index in [1.165, 1.54) is 17.0 Å². The summed E-state index contributed by atoms with van der Waals surface area (Å²) in [6.07, 6.45) is -1.05. The predicted octanol–water partition coefficient (Wildman–Crippen LogP) is 3.10. The molecule has 1 aliphatic heterocycles. The minimum Gasteiger partial charge on any atom is -0.486 e. The van der Waals surface area contributed by atoms with E-state index >= 15 is 0 Å². The summed E-state index contributed by atoms with van der Waals surface area (Å²) < 4.78 is 16.4. The molecule has 136 valence electrons. The summed E-state index contributed by atoms with van der Waals surface area (Å²) in [5, 5.41) is 0.254. The molecule has 2 aromatic carbocycles. The number of hydrogen-bond acceptors (Lipinski definition) is 5. The van der Waals surface area contributed by atoms with Crippen molar-refractivity contribution >= 4 is 23.5 Å². The van der Waals surface area contributed by atoms with Crippen LogP contribution < -0.4 is 9.47 Å². The molecule has 0 unspecified atom stereocenters. The molecular formula is C19H18ClNO5. The average Bonchev–Trinajstić information content (AvgIpc) is 2.66. The van der Waals surface area contributed by atoms with Gasteiger partial charge in [0.1, 0.15) is 13.2 Å². The molecule has 2 aromatic rings. The Morgan fingerprint density at radius 2 is 1.81 bits per heavy atom. The number of amides is 1. The van der Waals surface area contributed by atoms with Crippen LogP contribution in [0.4, 0.5) is 0 Å². The third kappa shape index (κ3) is 3.75. The molecule has 0 spiro atoms. The largest absolute Gasteiger partial charge is 0.486 e. The standard InChI is InChI=1S/C19H18ClNO5/c1-21(2)18(22)16(12-6-4-3-5-7-12)26-19(23)13-10-14(20)17-15(11-13)24-8-9-25-17/h3-7,10-11,16H,8-9H2,1-2H3/t16-/m1/s1. The Hall–Kier alpha value is -2.73. The molecule has 0 radical (unpaired) electrons. The lowest BCUT2D eigenvalue weighted by Gasteiger charge is -2.22. The van der Waals surface area contributed by atoms with Crippen molar-refractivity contribution < 1.29 is 23.8 Å². The summed E-state index contributed by atoms with van der Waals surface area (Å²) in [6, 6.07) is 11.8. The van der Waals surface area contributed by atoms with Crippen molar-refractivity contribution in [1.82, 2.24) is 4.90 Å². The Labute approximate surface area is 156 Å². The highest BCUT2D eigenvalue weighted by atomic mass is 35.5. The second-order valence-electron chi connectivity index (χ2n) is 5.91. The van der Waals surface area contributed by atoms with Gasteiger partial charge in [-0.2, -0.15) is 0 Å². The zero-order chi connectivity index (χ0) is 18.7. The van der Waals surface area contributed by atoms with Crippen LogP contribution in [0.1, 0.15) is 22.0 Å². The number of carbonyl (C=O) groups excluding carboxylic acids is 2. The molecule has 0 fully saturated rings. The van der Waals surface area contributed by atoms with E-state index in [2.05, 4.69) is 0 Å². The van der Waals surface area contributed by atoms with Crippen molar-refractivity contribution in [2.75, 3.05) is 27.3 Å². The summed E-state index contributed by atoms with van der Waals surface area (Å²) in [6.45, 7) is 0.761. The first kappa shape index (κ1) is 18.1. The van der Waals surface area contributed by atoms with Crippen LogP contribution in [0.5, 0.6) is 11.5 Å². The lowest BCUT2D eigenvalue weighted by molar-refractivity contribution is -0.138. The Morgan fingerprint density at radius 3 is 2.50 bits per heavy atom. The highest BCUT2D eigenvalue weighted by Gasteiger charge is 2.28. The van der Waals surface area contributed by atoms with Crippen LogP contribution >= 0.6 is 11.6 Å². The third-order valence-corrected chi connectivity index (χ3v) is 4.11. The van der Waals surface area contributed by atoms with E-state index < -0.39 is 12.1 Å². The van der Waals surface area contributed by atoms with Crippen molar-refractivity contribution in [3.8, 4) is 11.5 Å². The maximum absolute atomic E-state index is 12.6. The van der Waals surface area contributed by atoms with Crippen molar-refractivity contribution in [2.45, 2.75) is 6.10 Å². The summed E-state index contributed by atoms with van der Waals surface area (Å²) in [5.41, 5.74) is 0.773. The molecule has 1 heterocycles. The fourth-order valence-electron chi connectivity index (χ4n) is 2.53. The average molecular weight is 376 g/mol. The van der Waals surface area contributed by atoms with Gasteiger partial charge in [-0.05, 0) is 12.1 Å². The third-order valence-electron chi connectivity index (χ3n) is 3.82. The zero-order valence-corrected chi connectivity index (χ0v) is 15.2. The molecule has 0 N–H and O–H groups in total. The first-order chi connectivity index (χ1) is 12.5. The van der Waals surface area contributed by atoms with Crippen LogP contribution in [-0.2, 0) is 9.53 Å². The van der Waals surface area contributed by atoms with Gasteiger partial charge in [-0.15, -0.1) is 0 Å². The topological polar surface area (TPSA) is 65.1 Å². The van der Waals surface area contributed by atoms with Crippen LogP contribution in [0.25, 0.3) is 0 Å². The van der Waals surface area contributed by atoms with Gasteiger partial charge in [0, 0.05) is 19.7 Å². The maximum atomic E-state index is 12.6. The second kappa shape index (κ2) is 7.66. The van der Waals surface area contributed by atoms with Gasteiger partial charge in [-0.25, -0.2) is 4.79 Å². The number of carbonyl (C=O) groups is 2. The Kier molecular flexibility index (Phi) is 5.32. The molecule has 7 heteroatoms. The van der Waals surface area contributed by atoms with E-state index in [1.807, 2.05) is 6.07 Å². The quantitative estimate of drug-likeness (QED) is 0.768. The number of ether oxygens (including phenoxy) is 3. The molecule has 1 atom stereocenters. The highest BCUT2D eigenvalue weighted by molar-refractivity contribution is 6.32. The van der Waals surface area contributed by atoms with E-state index in [0.29, 0.717) is 30.3 Å². The number of benzene rings is 2. The van der Waals surface area contributed by atoms with Gasteiger partial charge in [-0.3, -0.25) is 4.79 Å². The second-order valence-corrected chi connectivity index (χ2v) is 6.32. The summed E-state index contributed by atoms with van der Waals surface area (Å²) in [7, 11) is 3.21. The van der Waals surface area contributed by atoms with Crippen molar-refractivity contribution in [1.29, 1.82) is 0 Å². The predicted molar refractivity (Wildman–Crippen MR) is 95.7 cm³/mol.